The molecule has 1 aromatic carbocycles. The molecule has 0 unspecified atom stereocenters. The second-order valence-electron chi connectivity index (χ2n) is 4.49. The summed E-state index contributed by atoms with van der Waals surface area (Å²) < 4.78 is 1.10. The van der Waals surface area contributed by atoms with E-state index in [-0.39, 0.29) is 18.0 Å². The monoisotopic (exact) mass is 275 g/mol. The first-order chi connectivity index (χ1) is 9.63. The fourth-order valence-corrected chi connectivity index (χ4v) is 1.78. The summed E-state index contributed by atoms with van der Waals surface area (Å²) in [4.78, 5) is 25.7. The van der Waals surface area contributed by atoms with Gasteiger partial charge >= 0.3 is 0 Å². The van der Waals surface area contributed by atoms with Crippen molar-refractivity contribution in [2.75, 3.05) is 27.2 Å². The van der Waals surface area contributed by atoms with Crippen LogP contribution < -0.4 is 10.9 Å². The number of benzene rings is 1. The molecule has 7 heteroatoms. The Morgan fingerprint density at radius 2 is 2.15 bits per heavy atom. The van der Waals surface area contributed by atoms with Crippen molar-refractivity contribution in [1.82, 2.24) is 25.2 Å². The maximum Gasteiger partial charge on any atom is 0.278 e. The average molecular weight is 275 g/mol. The van der Waals surface area contributed by atoms with Crippen molar-refractivity contribution in [3.63, 3.8) is 0 Å². The molecule has 0 aliphatic carbocycles. The fourth-order valence-electron chi connectivity index (χ4n) is 1.78. The first kappa shape index (κ1) is 14.1. The minimum Gasteiger partial charge on any atom is -0.343 e. The molecule has 20 heavy (non-hydrogen) atoms. The number of aromatic nitrogens is 3. The Bertz CT molecular complexity index is 667. The third kappa shape index (κ3) is 3.00. The van der Waals surface area contributed by atoms with Gasteiger partial charge in [-0.15, -0.1) is 5.10 Å². The van der Waals surface area contributed by atoms with Gasteiger partial charge < -0.3 is 10.2 Å². The van der Waals surface area contributed by atoms with Crippen LogP contribution >= 0.6 is 0 Å². The van der Waals surface area contributed by atoms with Crippen molar-refractivity contribution in [2.24, 2.45) is 0 Å². The lowest BCUT2D eigenvalue weighted by Crippen LogP contribution is -2.38. The van der Waals surface area contributed by atoms with Crippen molar-refractivity contribution < 1.29 is 4.79 Å². The van der Waals surface area contributed by atoms with Crippen LogP contribution in [0.15, 0.2) is 29.1 Å². The number of rotatable bonds is 5. The number of hydrogen-bond donors (Lipinski definition) is 1. The van der Waals surface area contributed by atoms with E-state index < -0.39 is 0 Å². The van der Waals surface area contributed by atoms with E-state index in [0.717, 1.165) is 4.68 Å². The third-order valence-corrected chi connectivity index (χ3v) is 3.04. The van der Waals surface area contributed by atoms with Gasteiger partial charge in [0.25, 0.3) is 5.56 Å². The summed E-state index contributed by atoms with van der Waals surface area (Å²) in [6, 6.07) is 6.95. The molecular weight excluding hydrogens is 258 g/mol. The smallest absolute Gasteiger partial charge is 0.278 e. The number of amides is 1. The van der Waals surface area contributed by atoms with Crippen LogP contribution in [0.3, 0.4) is 0 Å². The lowest BCUT2D eigenvalue weighted by molar-refractivity contribution is -0.130. The fraction of sp³-hybridized carbons (Fsp3) is 0.385. The van der Waals surface area contributed by atoms with E-state index in [1.807, 2.05) is 7.05 Å². The predicted molar refractivity (Wildman–Crippen MR) is 75.4 cm³/mol. The molecule has 0 aliphatic rings. The molecule has 1 amide bonds. The highest BCUT2D eigenvalue weighted by Crippen LogP contribution is 2.03. The molecule has 0 saturated carbocycles. The number of likely N-dealkylation sites (N-methyl/N-ethyl adjacent to an activating group) is 2. The van der Waals surface area contributed by atoms with E-state index in [1.165, 1.54) is 0 Å². The number of nitrogens with one attached hydrogen (secondary N) is 1. The van der Waals surface area contributed by atoms with E-state index in [2.05, 4.69) is 15.6 Å². The molecule has 106 valence electrons. The molecule has 2 aromatic rings. The van der Waals surface area contributed by atoms with Crippen molar-refractivity contribution in [3.8, 4) is 0 Å². The Labute approximate surface area is 116 Å². The number of hydrogen-bond acceptors (Lipinski definition) is 5. The Kier molecular flexibility index (Phi) is 4.41. The summed E-state index contributed by atoms with van der Waals surface area (Å²) in [7, 11) is 3.51. The average Bonchev–Trinajstić information content (AvgIpc) is 2.47. The van der Waals surface area contributed by atoms with Crippen molar-refractivity contribution in [1.29, 1.82) is 0 Å². The van der Waals surface area contributed by atoms with E-state index in [4.69, 9.17) is 0 Å². The Morgan fingerprint density at radius 1 is 1.40 bits per heavy atom. The zero-order valence-corrected chi connectivity index (χ0v) is 11.5. The molecule has 0 saturated heterocycles. The number of nitrogens with zero attached hydrogens (tertiary/aromatic N) is 4. The van der Waals surface area contributed by atoms with Crippen LogP contribution in [0.5, 0.6) is 0 Å². The van der Waals surface area contributed by atoms with Crippen LogP contribution in [-0.4, -0.2) is 53.0 Å². The van der Waals surface area contributed by atoms with Gasteiger partial charge in [0, 0.05) is 20.1 Å². The molecule has 1 heterocycles. The molecule has 1 aromatic heterocycles. The quantitative estimate of drug-likeness (QED) is 0.793. The lowest BCUT2D eigenvalue weighted by atomic mass is 10.2. The summed E-state index contributed by atoms with van der Waals surface area (Å²) >= 11 is 0. The summed E-state index contributed by atoms with van der Waals surface area (Å²) in [5.74, 6) is -0.174. The van der Waals surface area contributed by atoms with Crippen LogP contribution in [0.1, 0.15) is 0 Å². The van der Waals surface area contributed by atoms with Gasteiger partial charge in [-0.1, -0.05) is 17.3 Å². The van der Waals surface area contributed by atoms with E-state index in [1.54, 1.807) is 36.2 Å². The van der Waals surface area contributed by atoms with E-state index in [9.17, 15) is 9.59 Å². The molecular formula is C13H17N5O2. The highest BCUT2D eigenvalue weighted by Gasteiger charge is 2.12. The maximum atomic E-state index is 12.2. The van der Waals surface area contributed by atoms with Gasteiger partial charge in [0.2, 0.25) is 5.91 Å². The molecule has 1 N–H and O–H groups in total. The van der Waals surface area contributed by atoms with E-state index in [0.29, 0.717) is 24.0 Å². The zero-order chi connectivity index (χ0) is 14.5. The second-order valence-corrected chi connectivity index (χ2v) is 4.49. The summed E-state index contributed by atoms with van der Waals surface area (Å²) in [5.41, 5.74) is 0.232. The van der Waals surface area contributed by atoms with Crippen LogP contribution in [0.2, 0.25) is 0 Å². The minimum absolute atomic E-state index is 0.100. The first-order valence-corrected chi connectivity index (χ1v) is 6.34. The maximum absolute atomic E-state index is 12.2. The van der Waals surface area contributed by atoms with Gasteiger partial charge in [0.05, 0.1) is 5.39 Å². The number of carbonyl (C=O) groups excluding carboxylic acids is 1. The first-order valence-electron chi connectivity index (χ1n) is 6.34. The Morgan fingerprint density at radius 3 is 2.90 bits per heavy atom. The normalized spacial score (nSPS) is 10.7. The molecule has 2 rings (SSSR count). The summed E-state index contributed by atoms with van der Waals surface area (Å²) in [5, 5.41) is 11.2. The zero-order valence-electron chi connectivity index (χ0n) is 11.5. The second kappa shape index (κ2) is 6.25. The largest absolute Gasteiger partial charge is 0.343 e. The molecule has 7 nitrogen and oxygen atoms in total. The molecule has 0 atom stereocenters. The third-order valence-electron chi connectivity index (χ3n) is 3.04. The Hall–Kier alpha value is -2.28. The van der Waals surface area contributed by atoms with Gasteiger partial charge in [0.1, 0.15) is 12.1 Å². The van der Waals surface area contributed by atoms with Crippen LogP contribution in [0, 0.1) is 0 Å². The Balaban J connectivity index is 2.20. The van der Waals surface area contributed by atoms with Crippen LogP contribution in [-0.2, 0) is 11.3 Å². The van der Waals surface area contributed by atoms with Crippen molar-refractivity contribution >= 4 is 16.8 Å². The van der Waals surface area contributed by atoms with Gasteiger partial charge in [-0.05, 0) is 19.2 Å². The molecule has 0 aliphatic heterocycles. The highest BCUT2D eigenvalue weighted by atomic mass is 16.2. The molecule has 0 spiro atoms. The number of carbonyl (C=O) groups is 1. The summed E-state index contributed by atoms with van der Waals surface area (Å²) in [6.07, 6.45) is 0. The lowest BCUT2D eigenvalue weighted by Gasteiger charge is -2.16. The standard InChI is InChI=1S/C13H17N5O2/c1-14-7-8-17(2)12(19)9-18-13(20)10-5-3-4-6-11(10)15-16-18/h3-6,14H,7-9H2,1-2H3. The van der Waals surface area contributed by atoms with Crippen LogP contribution in [0.25, 0.3) is 10.9 Å². The van der Waals surface area contributed by atoms with Crippen molar-refractivity contribution in [2.45, 2.75) is 6.54 Å². The van der Waals surface area contributed by atoms with Gasteiger partial charge in [-0.3, -0.25) is 9.59 Å². The van der Waals surface area contributed by atoms with Gasteiger partial charge in [0.15, 0.2) is 0 Å². The van der Waals surface area contributed by atoms with Gasteiger partial charge in [-0.2, -0.15) is 0 Å². The minimum atomic E-state index is -0.300. The summed E-state index contributed by atoms with van der Waals surface area (Å²) in [6.45, 7) is 1.17. The predicted octanol–water partition coefficient (Wildman–Crippen LogP) is -0.531. The van der Waals surface area contributed by atoms with E-state index >= 15 is 0 Å². The molecule has 0 fully saturated rings. The number of fused-ring (bicyclic) bond motifs is 1. The molecule has 0 radical (unpaired) electrons. The van der Waals surface area contributed by atoms with Crippen LogP contribution in [0.4, 0.5) is 0 Å². The molecule has 0 bridgehead atoms. The van der Waals surface area contributed by atoms with Gasteiger partial charge in [-0.25, -0.2) is 4.68 Å². The topological polar surface area (TPSA) is 80.1 Å². The van der Waals surface area contributed by atoms with Crippen molar-refractivity contribution in [3.05, 3.63) is 34.6 Å². The SMILES string of the molecule is CNCCN(C)C(=O)Cn1nnc2ccccc2c1=O. The highest BCUT2D eigenvalue weighted by molar-refractivity contribution is 5.78.